The average molecular weight is 247 g/mol. The smallest absolute Gasteiger partial charge is 0.0964 e. The Balaban J connectivity index is 1.32. The van der Waals surface area contributed by atoms with E-state index in [1.807, 2.05) is 10.9 Å². The summed E-state index contributed by atoms with van der Waals surface area (Å²) >= 11 is 0. The summed E-state index contributed by atoms with van der Waals surface area (Å²) in [4.78, 5) is 0. The molecule has 1 aromatic heterocycles. The van der Waals surface area contributed by atoms with Gasteiger partial charge in [-0.05, 0) is 42.9 Å². The van der Waals surface area contributed by atoms with Crippen molar-refractivity contribution in [2.45, 2.75) is 38.4 Å². The zero-order valence-electron chi connectivity index (χ0n) is 10.6. The lowest BCUT2D eigenvalue weighted by Gasteiger charge is -2.08. The molecule has 0 aromatic carbocycles. The molecule has 1 heterocycles. The number of aromatic nitrogens is 3. The van der Waals surface area contributed by atoms with Crippen LogP contribution in [0.1, 0.15) is 25.0 Å². The number of nitrogens with one attached hydrogen (secondary N) is 1. The van der Waals surface area contributed by atoms with Crippen LogP contribution >= 0.6 is 0 Å². The number of nitrogens with two attached hydrogens (primary N) is 1. The highest BCUT2D eigenvalue weighted by molar-refractivity contribution is 5.17. The molecule has 3 fully saturated rings. The normalized spacial score (nSPS) is 40.2. The van der Waals surface area contributed by atoms with Crippen LogP contribution in [0.2, 0.25) is 0 Å². The molecule has 3 saturated carbocycles. The molecule has 3 aliphatic carbocycles. The van der Waals surface area contributed by atoms with Crippen molar-refractivity contribution in [1.29, 1.82) is 0 Å². The van der Waals surface area contributed by atoms with Crippen molar-refractivity contribution in [2.75, 3.05) is 6.54 Å². The Bertz CT molecular complexity index is 426. The summed E-state index contributed by atoms with van der Waals surface area (Å²) in [6.07, 6.45) is 6.49. The van der Waals surface area contributed by atoms with Crippen molar-refractivity contribution in [3.63, 3.8) is 0 Å². The second kappa shape index (κ2) is 4.03. The fourth-order valence-electron chi connectivity index (χ4n) is 4.48. The molecule has 4 atom stereocenters. The molecule has 2 bridgehead atoms. The minimum atomic E-state index is 0.617. The summed E-state index contributed by atoms with van der Waals surface area (Å²) in [5.74, 6) is 4.04. The maximum atomic E-state index is 5.50. The van der Waals surface area contributed by atoms with Gasteiger partial charge in [-0.25, -0.2) is 0 Å². The summed E-state index contributed by atoms with van der Waals surface area (Å²) < 4.78 is 1.83. The topological polar surface area (TPSA) is 68.8 Å². The molecular formula is C13H21N5. The molecule has 5 nitrogen and oxygen atoms in total. The van der Waals surface area contributed by atoms with Crippen LogP contribution in [0.15, 0.2) is 6.20 Å². The van der Waals surface area contributed by atoms with E-state index in [2.05, 4.69) is 15.6 Å². The van der Waals surface area contributed by atoms with E-state index < -0.39 is 0 Å². The van der Waals surface area contributed by atoms with Crippen molar-refractivity contribution in [1.82, 2.24) is 20.3 Å². The molecule has 0 aliphatic heterocycles. The first-order chi connectivity index (χ1) is 8.86. The Hall–Kier alpha value is -0.940. The van der Waals surface area contributed by atoms with E-state index >= 15 is 0 Å². The van der Waals surface area contributed by atoms with Crippen molar-refractivity contribution in [2.24, 2.45) is 29.4 Å². The Morgan fingerprint density at radius 3 is 2.83 bits per heavy atom. The third-order valence-corrected chi connectivity index (χ3v) is 5.20. The lowest BCUT2D eigenvalue weighted by molar-refractivity contribution is 0.456. The minimum Gasteiger partial charge on any atom is -0.329 e. The van der Waals surface area contributed by atoms with Gasteiger partial charge in [0.2, 0.25) is 0 Å². The van der Waals surface area contributed by atoms with Crippen LogP contribution in [0.5, 0.6) is 0 Å². The summed E-state index contributed by atoms with van der Waals surface area (Å²) in [6.45, 7) is 2.24. The van der Waals surface area contributed by atoms with Crippen LogP contribution in [0.4, 0.5) is 0 Å². The summed E-state index contributed by atoms with van der Waals surface area (Å²) in [5, 5.41) is 11.9. The van der Waals surface area contributed by atoms with Gasteiger partial charge in [-0.15, -0.1) is 5.10 Å². The number of hydrogen-bond donors (Lipinski definition) is 2. The van der Waals surface area contributed by atoms with Gasteiger partial charge in [0.25, 0.3) is 0 Å². The van der Waals surface area contributed by atoms with Gasteiger partial charge in [0.15, 0.2) is 0 Å². The van der Waals surface area contributed by atoms with Crippen LogP contribution in [0, 0.1) is 23.7 Å². The van der Waals surface area contributed by atoms with E-state index in [9.17, 15) is 0 Å². The van der Waals surface area contributed by atoms with E-state index in [-0.39, 0.29) is 0 Å². The predicted molar refractivity (Wildman–Crippen MR) is 67.5 cm³/mol. The molecule has 1 aromatic rings. The van der Waals surface area contributed by atoms with Crippen LogP contribution in [0.25, 0.3) is 0 Å². The van der Waals surface area contributed by atoms with E-state index in [4.69, 9.17) is 5.73 Å². The molecule has 98 valence electrons. The first-order valence-electron chi connectivity index (χ1n) is 7.19. The number of fused-ring (bicyclic) bond motifs is 5. The Morgan fingerprint density at radius 2 is 2.11 bits per heavy atom. The van der Waals surface area contributed by atoms with Crippen LogP contribution in [-0.2, 0) is 13.1 Å². The largest absolute Gasteiger partial charge is 0.329 e. The fraction of sp³-hybridized carbons (Fsp3) is 0.846. The molecule has 18 heavy (non-hydrogen) atoms. The lowest BCUT2D eigenvalue weighted by Crippen LogP contribution is -2.22. The van der Waals surface area contributed by atoms with Gasteiger partial charge in [-0.2, -0.15) is 0 Å². The predicted octanol–water partition coefficient (Wildman–Crippen LogP) is 0.371. The second-order valence-corrected chi connectivity index (χ2v) is 6.16. The van der Waals surface area contributed by atoms with Crippen molar-refractivity contribution in [3.8, 4) is 0 Å². The molecule has 5 heteroatoms. The van der Waals surface area contributed by atoms with E-state index in [0.29, 0.717) is 6.54 Å². The summed E-state index contributed by atoms with van der Waals surface area (Å²) in [6, 6.07) is 0.774. The molecule has 0 spiro atoms. The monoisotopic (exact) mass is 247 g/mol. The highest BCUT2D eigenvalue weighted by Crippen LogP contribution is 2.65. The van der Waals surface area contributed by atoms with Crippen molar-refractivity contribution in [3.05, 3.63) is 11.9 Å². The van der Waals surface area contributed by atoms with Gasteiger partial charge in [-0.3, -0.25) is 4.68 Å². The van der Waals surface area contributed by atoms with Gasteiger partial charge in [0.1, 0.15) is 0 Å². The molecule has 3 N–H and O–H groups in total. The number of hydrogen-bond acceptors (Lipinski definition) is 4. The molecule has 0 saturated heterocycles. The Labute approximate surface area is 107 Å². The van der Waals surface area contributed by atoms with Crippen molar-refractivity contribution < 1.29 is 0 Å². The lowest BCUT2D eigenvalue weighted by atomic mass is 10.0. The third kappa shape index (κ3) is 1.61. The highest BCUT2D eigenvalue weighted by atomic mass is 15.4. The highest BCUT2D eigenvalue weighted by Gasteiger charge is 2.64. The molecular weight excluding hydrogens is 226 g/mol. The summed E-state index contributed by atoms with van der Waals surface area (Å²) in [5.41, 5.74) is 6.54. The van der Waals surface area contributed by atoms with Gasteiger partial charge in [0.05, 0.1) is 12.2 Å². The second-order valence-electron chi connectivity index (χ2n) is 6.16. The standard InChI is InChI=1S/C13H21N5/c14-3-4-18-7-10(16-17-18)6-15-13-11-8-1-2-9(5-8)12(11)13/h7-9,11-13,15H,1-6,14H2. The van der Waals surface area contributed by atoms with Gasteiger partial charge < -0.3 is 11.1 Å². The van der Waals surface area contributed by atoms with E-state index in [1.54, 1.807) is 0 Å². The van der Waals surface area contributed by atoms with Gasteiger partial charge in [0, 0.05) is 25.3 Å². The first kappa shape index (κ1) is 10.9. The van der Waals surface area contributed by atoms with Crippen molar-refractivity contribution >= 4 is 0 Å². The maximum absolute atomic E-state index is 5.50. The van der Waals surface area contributed by atoms with Crippen LogP contribution in [0.3, 0.4) is 0 Å². The van der Waals surface area contributed by atoms with E-state index in [0.717, 1.165) is 48.5 Å². The SMILES string of the molecule is NCCn1cc(CNC2C3C4CCC(C4)C23)nn1. The number of nitrogens with zero attached hydrogens (tertiary/aromatic N) is 3. The maximum Gasteiger partial charge on any atom is 0.0964 e. The van der Waals surface area contributed by atoms with Crippen LogP contribution in [-0.4, -0.2) is 27.6 Å². The Kier molecular flexibility index (Phi) is 2.45. The fourth-order valence-corrected chi connectivity index (χ4v) is 4.48. The van der Waals surface area contributed by atoms with Gasteiger partial charge >= 0.3 is 0 Å². The molecule has 0 radical (unpaired) electrons. The third-order valence-electron chi connectivity index (χ3n) is 5.20. The molecule has 0 amide bonds. The van der Waals surface area contributed by atoms with Crippen LogP contribution < -0.4 is 11.1 Å². The molecule has 4 unspecified atom stereocenters. The minimum absolute atomic E-state index is 0.617. The average Bonchev–Trinajstić information content (AvgIpc) is 2.79. The zero-order valence-corrected chi connectivity index (χ0v) is 10.6. The molecule has 4 rings (SSSR count). The first-order valence-corrected chi connectivity index (χ1v) is 7.19. The molecule has 3 aliphatic rings. The number of rotatable bonds is 5. The summed E-state index contributed by atoms with van der Waals surface area (Å²) in [7, 11) is 0. The quantitative estimate of drug-likeness (QED) is 0.789. The Morgan fingerprint density at radius 1 is 1.33 bits per heavy atom. The van der Waals surface area contributed by atoms with E-state index in [1.165, 1.54) is 19.3 Å². The zero-order chi connectivity index (χ0) is 12.1. The van der Waals surface area contributed by atoms with Gasteiger partial charge in [-0.1, -0.05) is 5.21 Å².